The fraction of sp³-hybridized carbons (Fsp3) is 0.250. The predicted molar refractivity (Wildman–Crippen MR) is 71.8 cm³/mol. The first kappa shape index (κ1) is 13.3. The van der Waals surface area contributed by atoms with Gasteiger partial charge in [0, 0.05) is 6.07 Å². The number of benzene rings is 1. The summed E-state index contributed by atoms with van der Waals surface area (Å²) in [6.07, 6.45) is 1.72. The SMILES string of the molecule is COc1cc(CC(=O)Nc2cnsn2)cc(OC)c1. The van der Waals surface area contributed by atoms with E-state index < -0.39 is 0 Å². The first-order valence-electron chi connectivity index (χ1n) is 5.50. The lowest BCUT2D eigenvalue weighted by atomic mass is 10.1. The zero-order valence-electron chi connectivity index (χ0n) is 10.5. The number of amides is 1. The van der Waals surface area contributed by atoms with Crippen LogP contribution in [0.4, 0.5) is 5.82 Å². The van der Waals surface area contributed by atoms with Crippen LogP contribution in [0.25, 0.3) is 0 Å². The fourth-order valence-electron chi connectivity index (χ4n) is 1.56. The molecule has 2 aromatic rings. The monoisotopic (exact) mass is 279 g/mol. The minimum absolute atomic E-state index is 0.164. The predicted octanol–water partition coefficient (Wildman–Crippen LogP) is 1.74. The highest BCUT2D eigenvalue weighted by atomic mass is 32.1. The first-order chi connectivity index (χ1) is 9.21. The molecule has 100 valence electrons. The zero-order chi connectivity index (χ0) is 13.7. The van der Waals surface area contributed by atoms with Gasteiger partial charge in [0.05, 0.1) is 38.6 Å². The molecule has 0 atom stereocenters. The molecule has 0 aliphatic carbocycles. The van der Waals surface area contributed by atoms with Crippen molar-refractivity contribution in [3.8, 4) is 11.5 Å². The normalized spacial score (nSPS) is 10.0. The van der Waals surface area contributed by atoms with Crippen molar-refractivity contribution in [3.05, 3.63) is 30.0 Å². The molecule has 0 radical (unpaired) electrons. The van der Waals surface area contributed by atoms with E-state index in [9.17, 15) is 4.79 Å². The maximum atomic E-state index is 11.8. The molecule has 0 spiro atoms. The number of methoxy groups -OCH3 is 2. The molecule has 0 saturated heterocycles. The third-order valence-electron chi connectivity index (χ3n) is 2.40. The van der Waals surface area contributed by atoms with E-state index in [-0.39, 0.29) is 12.3 Å². The van der Waals surface area contributed by atoms with Gasteiger partial charge in [0.25, 0.3) is 0 Å². The molecular formula is C12H13N3O3S. The van der Waals surface area contributed by atoms with Crippen LogP contribution >= 0.6 is 11.7 Å². The Hall–Kier alpha value is -2.15. The summed E-state index contributed by atoms with van der Waals surface area (Å²) >= 11 is 1.05. The summed E-state index contributed by atoms with van der Waals surface area (Å²) in [5, 5.41) is 2.66. The summed E-state index contributed by atoms with van der Waals surface area (Å²) in [4.78, 5) is 11.8. The van der Waals surface area contributed by atoms with Gasteiger partial charge in [0.2, 0.25) is 5.91 Å². The molecule has 1 N–H and O–H groups in total. The van der Waals surface area contributed by atoms with Crippen molar-refractivity contribution in [2.24, 2.45) is 0 Å². The molecular weight excluding hydrogens is 266 g/mol. The molecule has 1 aromatic heterocycles. The third-order valence-corrected chi connectivity index (χ3v) is 2.88. The van der Waals surface area contributed by atoms with E-state index in [4.69, 9.17) is 9.47 Å². The lowest BCUT2D eigenvalue weighted by Gasteiger charge is -2.08. The van der Waals surface area contributed by atoms with Gasteiger partial charge in [-0.2, -0.15) is 8.75 Å². The van der Waals surface area contributed by atoms with E-state index in [1.54, 1.807) is 32.4 Å². The van der Waals surface area contributed by atoms with Crippen molar-refractivity contribution >= 4 is 23.5 Å². The van der Waals surface area contributed by atoms with Crippen LogP contribution in [0.5, 0.6) is 11.5 Å². The molecule has 19 heavy (non-hydrogen) atoms. The number of aromatic nitrogens is 2. The van der Waals surface area contributed by atoms with Crippen LogP contribution in [0.2, 0.25) is 0 Å². The lowest BCUT2D eigenvalue weighted by molar-refractivity contribution is -0.115. The van der Waals surface area contributed by atoms with E-state index in [2.05, 4.69) is 14.1 Å². The van der Waals surface area contributed by atoms with Crippen LogP contribution in [-0.4, -0.2) is 28.9 Å². The number of carbonyl (C=O) groups excluding carboxylic acids is 1. The standard InChI is InChI=1S/C12H13N3O3S/c1-17-9-3-8(4-10(6-9)18-2)5-12(16)14-11-7-13-19-15-11/h3-4,6-7H,5H2,1-2H3,(H,14,15,16). The summed E-state index contributed by atoms with van der Waals surface area (Å²) in [5.41, 5.74) is 0.803. The Labute approximate surface area is 114 Å². The molecule has 0 saturated carbocycles. The number of nitrogens with zero attached hydrogens (tertiary/aromatic N) is 2. The second kappa shape index (κ2) is 6.14. The van der Waals surface area contributed by atoms with E-state index in [0.717, 1.165) is 17.3 Å². The maximum Gasteiger partial charge on any atom is 0.230 e. The number of nitrogens with one attached hydrogen (secondary N) is 1. The Balaban J connectivity index is 2.07. The Morgan fingerprint density at radius 3 is 2.47 bits per heavy atom. The topological polar surface area (TPSA) is 73.3 Å². The van der Waals surface area contributed by atoms with Crippen LogP contribution in [0.15, 0.2) is 24.4 Å². The Kier molecular flexibility index (Phi) is 4.30. The van der Waals surface area contributed by atoms with Gasteiger partial charge < -0.3 is 14.8 Å². The number of ether oxygens (including phenoxy) is 2. The van der Waals surface area contributed by atoms with E-state index in [0.29, 0.717) is 17.3 Å². The smallest absolute Gasteiger partial charge is 0.230 e. The molecule has 0 unspecified atom stereocenters. The molecule has 1 aromatic carbocycles. The van der Waals surface area contributed by atoms with Crippen LogP contribution < -0.4 is 14.8 Å². The molecule has 0 aliphatic rings. The maximum absolute atomic E-state index is 11.8. The average Bonchev–Trinajstić information content (AvgIpc) is 2.90. The molecule has 0 fully saturated rings. The molecule has 0 bridgehead atoms. The van der Waals surface area contributed by atoms with Gasteiger partial charge >= 0.3 is 0 Å². The van der Waals surface area contributed by atoms with Gasteiger partial charge in [0.15, 0.2) is 5.82 Å². The fourth-order valence-corrected chi connectivity index (χ4v) is 1.94. The number of anilines is 1. The minimum atomic E-state index is -0.164. The van der Waals surface area contributed by atoms with Crippen LogP contribution in [-0.2, 0) is 11.2 Å². The van der Waals surface area contributed by atoms with Crippen LogP contribution in [0.1, 0.15) is 5.56 Å². The summed E-state index contributed by atoms with van der Waals surface area (Å²) in [6.45, 7) is 0. The van der Waals surface area contributed by atoms with E-state index in [1.807, 2.05) is 0 Å². The Bertz CT molecular complexity index is 535. The van der Waals surface area contributed by atoms with Crippen molar-refractivity contribution in [1.82, 2.24) is 8.75 Å². The number of carbonyl (C=O) groups is 1. The highest BCUT2D eigenvalue weighted by Gasteiger charge is 2.08. The number of hydrogen-bond acceptors (Lipinski definition) is 6. The number of hydrogen-bond donors (Lipinski definition) is 1. The van der Waals surface area contributed by atoms with E-state index in [1.165, 1.54) is 6.20 Å². The summed E-state index contributed by atoms with van der Waals surface area (Å²) in [6, 6.07) is 5.34. The molecule has 6 nitrogen and oxygen atoms in total. The van der Waals surface area contributed by atoms with Crippen LogP contribution in [0.3, 0.4) is 0 Å². The lowest BCUT2D eigenvalue weighted by Crippen LogP contribution is -2.14. The molecule has 0 aliphatic heterocycles. The second-order valence-corrected chi connectivity index (χ2v) is 4.30. The van der Waals surface area contributed by atoms with Gasteiger partial charge in [-0.25, -0.2) is 0 Å². The summed E-state index contributed by atoms with van der Waals surface area (Å²) < 4.78 is 18.0. The Morgan fingerprint density at radius 1 is 1.26 bits per heavy atom. The van der Waals surface area contributed by atoms with Gasteiger partial charge in [0.1, 0.15) is 11.5 Å². The van der Waals surface area contributed by atoms with Gasteiger partial charge in [-0.1, -0.05) is 0 Å². The van der Waals surface area contributed by atoms with Crippen molar-refractivity contribution in [2.45, 2.75) is 6.42 Å². The van der Waals surface area contributed by atoms with E-state index >= 15 is 0 Å². The largest absolute Gasteiger partial charge is 0.497 e. The highest BCUT2D eigenvalue weighted by molar-refractivity contribution is 6.99. The number of rotatable bonds is 5. The average molecular weight is 279 g/mol. The molecule has 1 heterocycles. The minimum Gasteiger partial charge on any atom is -0.497 e. The first-order valence-corrected chi connectivity index (χ1v) is 6.23. The van der Waals surface area contributed by atoms with Crippen molar-refractivity contribution in [1.29, 1.82) is 0 Å². The van der Waals surface area contributed by atoms with Crippen molar-refractivity contribution in [3.63, 3.8) is 0 Å². The van der Waals surface area contributed by atoms with Gasteiger partial charge in [-0.3, -0.25) is 4.79 Å². The Morgan fingerprint density at radius 2 is 1.95 bits per heavy atom. The quantitative estimate of drug-likeness (QED) is 0.902. The van der Waals surface area contributed by atoms with Crippen molar-refractivity contribution < 1.29 is 14.3 Å². The van der Waals surface area contributed by atoms with Gasteiger partial charge in [-0.15, -0.1) is 0 Å². The third kappa shape index (κ3) is 3.65. The molecule has 7 heteroatoms. The van der Waals surface area contributed by atoms with Crippen LogP contribution in [0, 0.1) is 0 Å². The molecule has 1 amide bonds. The summed E-state index contributed by atoms with van der Waals surface area (Å²) in [5.74, 6) is 1.60. The summed E-state index contributed by atoms with van der Waals surface area (Å²) in [7, 11) is 3.14. The van der Waals surface area contributed by atoms with Crippen molar-refractivity contribution in [2.75, 3.05) is 19.5 Å². The molecule has 2 rings (SSSR count). The zero-order valence-corrected chi connectivity index (χ0v) is 11.4. The highest BCUT2D eigenvalue weighted by Crippen LogP contribution is 2.22. The second-order valence-electron chi connectivity index (χ2n) is 3.74. The van der Waals surface area contributed by atoms with Gasteiger partial charge in [-0.05, 0) is 17.7 Å².